The van der Waals surface area contributed by atoms with Gasteiger partial charge in [-0.2, -0.15) is 0 Å². The van der Waals surface area contributed by atoms with E-state index in [4.69, 9.17) is 4.74 Å². The van der Waals surface area contributed by atoms with Crippen LogP contribution < -0.4 is 10.1 Å². The van der Waals surface area contributed by atoms with Crippen molar-refractivity contribution in [3.8, 4) is 5.75 Å². The predicted molar refractivity (Wildman–Crippen MR) is 84.8 cm³/mol. The van der Waals surface area contributed by atoms with Gasteiger partial charge in [-0.3, -0.25) is 4.79 Å². The summed E-state index contributed by atoms with van der Waals surface area (Å²) in [7, 11) is 1.63. The minimum absolute atomic E-state index is 0.0326. The van der Waals surface area contributed by atoms with Gasteiger partial charge < -0.3 is 15.2 Å². The lowest BCUT2D eigenvalue weighted by atomic mass is 9.85. The highest BCUT2D eigenvalue weighted by atomic mass is 32.2. The number of benzene rings is 1. The fourth-order valence-electron chi connectivity index (χ4n) is 2.52. The largest absolute Gasteiger partial charge is 0.497 e. The molecule has 1 fully saturated rings. The third-order valence-electron chi connectivity index (χ3n) is 3.83. The average molecular weight is 309 g/mol. The second kappa shape index (κ2) is 7.71. The first kappa shape index (κ1) is 16.2. The number of thioether (sulfide) groups is 1. The number of nitrogens with one attached hydrogen (secondary N) is 1. The standard InChI is InChI=1S/C16H23NO3S/c1-20-13-5-7-14(8-6-13)21-11-15(18)17-12-16(19)9-3-2-4-10-16/h5-8,19H,2-4,9-12H2,1H3,(H,17,18). The zero-order valence-corrected chi connectivity index (χ0v) is 13.2. The fraction of sp³-hybridized carbons (Fsp3) is 0.562. The molecule has 1 aliphatic rings. The number of carbonyl (C=O) groups excluding carboxylic acids is 1. The maximum absolute atomic E-state index is 11.9. The monoisotopic (exact) mass is 309 g/mol. The molecule has 1 amide bonds. The van der Waals surface area contributed by atoms with Crippen molar-refractivity contribution in [2.45, 2.75) is 42.6 Å². The van der Waals surface area contributed by atoms with Crippen molar-refractivity contribution in [1.82, 2.24) is 5.32 Å². The highest BCUT2D eigenvalue weighted by Gasteiger charge is 2.29. The van der Waals surface area contributed by atoms with E-state index in [2.05, 4.69) is 5.32 Å². The summed E-state index contributed by atoms with van der Waals surface area (Å²) in [6, 6.07) is 7.63. The molecule has 116 valence electrons. The van der Waals surface area contributed by atoms with E-state index in [1.54, 1.807) is 7.11 Å². The van der Waals surface area contributed by atoms with Gasteiger partial charge in [-0.1, -0.05) is 19.3 Å². The summed E-state index contributed by atoms with van der Waals surface area (Å²) in [5, 5.41) is 13.2. The fourth-order valence-corrected chi connectivity index (χ4v) is 3.25. The average Bonchev–Trinajstić information content (AvgIpc) is 2.52. The van der Waals surface area contributed by atoms with Crippen LogP contribution in [0.3, 0.4) is 0 Å². The Morgan fingerprint density at radius 1 is 1.29 bits per heavy atom. The maximum Gasteiger partial charge on any atom is 0.230 e. The van der Waals surface area contributed by atoms with E-state index in [-0.39, 0.29) is 5.91 Å². The zero-order chi connectivity index (χ0) is 15.1. The van der Waals surface area contributed by atoms with Crippen molar-refractivity contribution < 1.29 is 14.6 Å². The van der Waals surface area contributed by atoms with E-state index < -0.39 is 5.60 Å². The Morgan fingerprint density at radius 3 is 2.57 bits per heavy atom. The molecule has 1 aromatic carbocycles. The summed E-state index contributed by atoms with van der Waals surface area (Å²) in [6.45, 7) is 0.370. The molecule has 0 saturated heterocycles. The van der Waals surface area contributed by atoms with E-state index >= 15 is 0 Å². The molecular weight excluding hydrogens is 286 g/mol. The molecule has 0 spiro atoms. The van der Waals surface area contributed by atoms with E-state index in [1.165, 1.54) is 18.2 Å². The van der Waals surface area contributed by atoms with E-state index in [0.717, 1.165) is 36.3 Å². The van der Waals surface area contributed by atoms with Gasteiger partial charge in [-0.15, -0.1) is 11.8 Å². The maximum atomic E-state index is 11.9. The van der Waals surface area contributed by atoms with Gasteiger partial charge in [0.2, 0.25) is 5.91 Å². The predicted octanol–water partition coefficient (Wildman–Crippen LogP) is 2.60. The first-order chi connectivity index (χ1) is 10.1. The molecule has 0 aromatic heterocycles. The summed E-state index contributed by atoms with van der Waals surface area (Å²) in [5.41, 5.74) is -0.696. The summed E-state index contributed by atoms with van der Waals surface area (Å²) < 4.78 is 5.10. The summed E-state index contributed by atoms with van der Waals surface area (Å²) in [6.07, 6.45) is 4.86. The van der Waals surface area contributed by atoms with Crippen molar-refractivity contribution in [3.63, 3.8) is 0 Å². The third kappa shape index (κ3) is 5.25. The molecule has 0 atom stereocenters. The number of amides is 1. The lowest BCUT2D eigenvalue weighted by Gasteiger charge is -2.32. The first-order valence-corrected chi connectivity index (χ1v) is 8.36. The minimum atomic E-state index is -0.696. The van der Waals surface area contributed by atoms with Crippen LogP contribution in [0.2, 0.25) is 0 Å². The van der Waals surface area contributed by atoms with E-state index in [1.807, 2.05) is 24.3 Å². The molecule has 0 heterocycles. The Bertz CT molecular complexity index is 455. The number of ether oxygens (including phenoxy) is 1. The van der Waals surface area contributed by atoms with Crippen LogP contribution >= 0.6 is 11.8 Å². The molecule has 21 heavy (non-hydrogen) atoms. The van der Waals surface area contributed by atoms with Crippen LogP contribution in [-0.2, 0) is 4.79 Å². The van der Waals surface area contributed by atoms with Crippen molar-refractivity contribution in [3.05, 3.63) is 24.3 Å². The normalized spacial score (nSPS) is 17.2. The number of rotatable bonds is 6. The van der Waals surface area contributed by atoms with E-state index in [9.17, 15) is 9.90 Å². The molecule has 5 heteroatoms. The minimum Gasteiger partial charge on any atom is -0.497 e. The molecule has 0 bridgehead atoms. The molecule has 1 aliphatic carbocycles. The van der Waals surface area contributed by atoms with Crippen LogP contribution in [0.1, 0.15) is 32.1 Å². The van der Waals surface area contributed by atoms with Gasteiger partial charge in [0.1, 0.15) is 5.75 Å². The van der Waals surface area contributed by atoms with E-state index in [0.29, 0.717) is 12.3 Å². The van der Waals surface area contributed by atoms with Gasteiger partial charge >= 0.3 is 0 Å². The molecule has 0 radical (unpaired) electrons. The van der Waals surface area contributed by atoms with Crippen LogP contribution in [0.25, 0.3) is 0 Å². The second-order valence-electron chi connectivity index (χ2n) is 5.53. The quantitative estimate of drug-likeness (QED) is 0.793. The second-order valence-corrected chi connectivity index (χ2v) is 6.57. The number of hydrogen-bond acceptors (Lipinski definition) is 4. The highest BCUT2D eigenvalue weighted by Crippen LogP contribution is 2.27. The van der Waals surface area contributed by atoms with Crippen LogP contribution in [0.5, 0.6) is 5.75 Å². The molecule has 0 aliphatic heterocycles. The molecule has 1 saturated carbocycles. The Kier molecular flexibility index (Phi) is 5.94. The summed E-state index contributed by atoms with van der Waals surface area (Å²) in [5.74, 6) is 1.14. The van der Waals surface area contributed by atoms with Gasteiger partial charge in [0.25, 0.3) is 0 Å². The highest BCUT2D eigenvalue weighted by molar-refractivity contribution is 8.00. The number of carbonyl (C=O) groups is 1. The molecular formula is C16H23NO3S. The van der Waals surface area contributed by atoms with Gasteiger partial charge in [-0.05, 0) is 37.1 Å². The van der Waals surface area contributed by atoms with Gasteiger partial charge in [0.15, 0.2) is 0 Å². The number of aliphatic hydroxyl groups is 1. The molecule has 2 N–H and O–H groups in total. The van der Waals surface area contributed by atoms with Gasteiger partial charge in [0, 0.05) is 11.4 Å². The summed E-state index contributed by atoms with van der Waals surface area (Å²) >= 11 is 1.48. The number of methoxy groups -OCH3 is 1. The van der Waals surface area contributed by atoms with Crippen molar-refractivity contribution in [1.29, 1.82) is 0 Å². The topological polar surface area (TPSA) is 58.6 Å². The first-order valence-electron chi connectivity index (χ1n) is 7.37. The van der Waals surface area contributed by atoms with Gasteiger partial charge in [0.05, 0.1) is 18.5 Å². The molecule has 1 aromatic rings. The molecule has 0 unspecified atom stereocenters. The Morgan fingerprint density at radius 2 is 1.95 bits per heavy atom. The molecule has 4 nitrogen and oxygen atoms in total. The van der Waals surface area contributed by atoms with Crippen LogP contribution in [0.15, 0.2) is 29.2 Å². The molecule has 2 rings (SSSR count). The van der Waals surface area contributed by atoms with Crippen molar-refractivity contribution in [2.75, 3.05) is 19.4 Å². The number of hydrogen-bond donors (Lipinski definition) is 2. The smallest absolute Gasteiger partial charge is 0.230 e. The van der Waals surface area contributed by atoms with Crippen LogP contribution in [-0.4, -0.2) is 36.0 Å². The Hall–Kier alpha value is -1.20. The Balaban J connectivity index is 1.71. The van der Waals surface area contributed by atoms with Crippen molar-refractivity contribution >= 4 is 17.7 Å². The lowest BCUT2D eigenvalue weighted by molar-refractivity contribution is -0.120. The van der Waals surface area contributed by atoms with Crippen molar-refractivity contribution in [2.24, 2.45) is 0 Å². The SMILES string of the molecule is COc1ccc(SCC(=O)NCC2(O)CCCCC2)cc1. The summed E-state index contributed by atoms with van der Waals surface area (Å²) in [4.78, 5) is 12.9. The van der Waals surface area contributed by atoms with Crippen LogP contribution in [0, 0.1) is 0 Å². The Labute approximate surface area is 130 Å². The van der Waals surface area contributed by atoms with Gasteiger partial charge in [-0.25, -0.2) is 0 Å². The third-order valence-corrected chi connectivity index (χ3v) is 4.84. The van der Waals surface area contributed by atoms with Crippen LogP contribution in [0.4, 0.5) is 0 Å². The zero-order valence-electron chi connectivity index (χ0n) is 12.4. The lowest BCUT2D eigenvalue weighted by Crippen LogP contribution is -2.44.